The van der Waals surface area contributed by atoms with Gasteiger partial charge in [0.2, 0.25) is 18.2 Å². The lowest BCUT2D eigenvalue weighted by molar-refractivity contribution is -0.119. The molecule has 0 aliphatic carbocycles. The van der Waals surface area contributed by atoms with E-state index in [1.807, 2.05) is 39.8 Å². The Labute approximate surface area is 123 Å². The molecule has 1 heterocycles. The molecule has 0 spiro atoms. The van der Waals surface area contributed by atoms with Gasteiger partial charge in [-0.05, 0) is 30.0 Å². The van der Waals surface area contributed by atoms with Gasteiger partial charge in [-0.15, -0.1) is 10.2 Å². The Bertz CT molecular complexity index is 630. The predicted octanol–water partition coefficient (Wildman–Crippen LogP) is 2.36. The number of carbonyl (C=O) groups is 1. The van der Waals surface area contributed by atoms with E-state index in [-0.39, 0.29) is 11.3 Å². The van der Waals surface area contributed by atoms with Crippen molar-refractivity contribution in [2.45, 2.75) is 33.7 Å². The van der Waals surface area contributed by atoms with Crippen LogP contribution >= 0.6 is 0 Å². The first-order valence-corrected chi connectivity index (χ1v) is 6.72. The van der Waals surface area contributed by atoms with Crippen LogP contribution in [0.5, 0.6) is 0 Å². The molecule has 21 heavy (non-hydrogen) atoms. The van der Waals surface area contributed by atoms with E-state index in [0.717, 1.165) is 11.1 Å². The number of benzene rings is 1. The van der Waals surface area contributed by atoms with Crippen molar-refractivity contribution < 1.29 is 9.21 Å². The average molecular weight is 288 g/mol. The minimum absolute atomic E-state index is 0.215. The molecule has 0 aliphatic rings. The van der Waals surface area contributed by atoms with Crippen LogP contribution in [0.25, 0.3) is 11.5 Å². The Morgan fingerprint density at radius 2 is 2.10 bits per heavy atom. The van der Waals surface area contributed by atoms with Gasteiger partial charge in [0.15, 0.2) is 0 Å². The minimum atomic E-state index is -0.594. The van der Waals surface area contributed by atoms with Gasteiger partial charge < -0.3 is 15.5 Å². The number of nitrogens with two attached hydrogens (primary N) is 1. The standard InChI is InChI=1S/C15H20N4O2/c1-9-5-6-10(14-19-17-8-21-14)7-11(9)18-13(20)12(16)15(2,3)4/h5-8,12H,16H2,1-4H3,(H,18,20)/t12-/m1/s1. The molecule has 112 valence electrons. The SMILES string of the molecule is Cc1ccc(-c2nnco2)cc1NC(=O)[C@@H](N)C(C)(C)C. The molecule has 0 bridgehead atoms. The van der Waals surface area contributed by atoms with E-state index in [0.29, 0.717) is 11.6 Å². The highest BCUT2D eigenvalue weighted by Crippen LogP contribution is 2.25. The fourth-order valence-electron chi connectivity index (χ4n) is 1.79. The number of rotatable bonds is 3. The fourth-order valence-corrected chi connectivity index (χ4v) is 1.79. The van der Waals surface area contributed by atoms with Crippen molar-refractivity contribution in [2.75, 3.05) is 5.32 Å². The second kappa shape index (κ2) is 5.65. The number of amides is 1. The van der Waals surface area contributed by atoms with Crippen molar-refractivity contribution in [2.24, 2.45) is 11.1 Å². The minimum Gasteiger partial charge on any atom is -0.423 e. The first-order chi connectivity index (χ1) is 9.79. The molecule has 1 atom stereocenters. The summed E-state index contributed by atoms with van der Waals surface area (Å²) in [6.07, 6.45) is 1.27. The van der Waals surface area contributed by atoms with E-state index < -0.39 is 6.04 Å². The van der Waals surface area contributed by atoms with Gasteiger partial charge in [0.25, 0.3) is 0 Å². The maximum atomic E-state index is 12.2. The summed E-state index contributed by atoms with van der Waals surface area (Å²) in [5, 5.41) is 10.4. The summed E-state index contributed by atoms with van der Waals surface area (Å²) in [6.45, 7) is 7.70. The van der Waals surface area contributed by atoms with E-state index in [2.05, 4.69) is 15.5 Å². The van der Waals surface area contributed by atoms with Crippen LogP contribution in [-0.4, -0.2) is 22.1 Å². The zero-order valence-corrected chi connectivity index (χ0v) is 12.7. The largest absolute Gasteiger partial charge is 0.423 e. The number of hydrogen-bond acceptors (Lipinski definition) is 5. The Hall–Kier alpha value is -2.21. The Morgan fingerprint density at radius 3 is 2.67 bits per heavy atom. The van der Waals surface area contributed by atoms with Crippen LogP contribution in [0, 0.1) is 12.3 Å². The zero-order valence-electron chi connectivity index (χ0n) is 12.7. The topological polar surface area (TPSA) is 94.0 Å². The van der Waals surface area contributed by atoms with Gasteiger partial charge in [0, 0.05) is 11.3 Å². The van der Waals surface area contributed by atoms with E-state index in [1.165, 1.54) is 6.39 Å². The molecule has 0 saturated heterocycles. The molecule has 0 radical (unpaired) electrons. The van der Waals surface area contributed by atoms with Crippen LogP contribution in [0.1, 0.15) is 26.3 Å². The third-order valence-corrected chi connectivity index (χ3v) is 3.32. The van der Waals surface area contributed by atoms with Gasteiger partial charge in [-0.25, -0.2) is 0 Å². The monoisotopic (exact) mass is 288 g/mol. The molecule has 3 N–H and O–H groups in total. The molecule has 0 saturated carbocycles. The average Bonchev–Trinajstić information content (AvgIpc) is 2.93. The third kappa shape index (κ3) is 3.46. The van der Waals surface area contributed by atoms with E-state index in [4.69, 9.17) is 10.2 Å². The highest BCUT2D eigenvalue weighted by Gasteiger charge is 2.27. The number of anilines is 1. The van der Waals surface area contributed by atoms with Crippen molar-refractivity contribution in [3.63, 3.8) is 0 Å². The molecule has 0 fully saturated rings. The fraction of sp³-hybridized carbons (Fsp3) is 0.400. The van der Waals surface area contributed by atoms with Gasteiger partial charge in [-0.2, -0.15) is 0 Å². The van der Waals surface area contributed by atoms with Crippen LogP contribution in [-0.2, 0) is 4.79 Å². The number of aromatic nitrogens is 2. The normalized spacial score (nSPS) is 13.0. The number of carbonyl (C=O) groups excluding carboxylic acids is 1. The van der Waals surface area contributed by atoms with Crippen molar-refractivity contribution in [1.29, 1.82) is 0 Å². The Kier molecular flexibility index (Phi) is 4.09. The summed E-state index contributed by atoms with van der Waals surface area (Å²) in [4.78, 5) is 12.2. The molecule has 1 aromatic carbocycles. The summed E-state index contributed by atoms with van der Waals surface area (Å²) in [6, 6.07) is 4.96. The van der Waals surface area contributed by atoms with Crippen molar-refractivity contribution in [1.82, 2.24) is 10.2 Å². The zero-order chi connectivity index (χ0) is 15.6. The number of nitrogens with zero attached hydrogens (tertiary/aromatic N) is 2. The maximum absolute atomic E-state index is 12.2. The van der Waals surface area contributed by atoms with Crippen LogP contribution in [0.4, 0.5) is 5.69 Å². The molecule has 6 nitrogen and oxygen atoms in total. The maximum Gasteiger partial charge on any atom is 0.247 e. The van der Waals surface area contributed by atoms with Gasteiger partial charge >= 0.3 is 0 Å². The van der Waals surface area contributed by atoms with Gasteiger partial charge in [-0.3, -0.25) is 4.79 Å². The third-order valence-electron chi connectivity index (χ3n) is 3.32. The predicted molar refractivity (Wildman–Crippen MR) is 80.5 cm³/mol. The van der Waals surface area contributed by atoms with Gasteiger partial charge in [0.05, 0.1) is 6.04 Å². The summed E-state index contributed by atoms with van der Waals surface area (Å²) in [5.41, 5.74) is 8.04. The van der Waals surface area contributed by atoms with Crippen LogP contribution < -0.4 is 11.1 Å². The second-order valence-electron chi connectivity index (χ2n) is 6.11. The molecular formula is C15H20N4O2. The molecule has 2 rings (SSSR count). The van der Waals surface area contributed by atoms with Crippen LogP contribution in [0.15, 0.2) is 29.0 Å². The van der Waals surface area contributed by atoms with E-state index in [9.17, 15) is 4.79 Å². The highest BCUT2D eigenvalue weighted by atomic mass is 16.4. The molecular weight excluding hydrogens is 268 g/mol. The smallest absolute Gasteiger partial charge is 0.247 e. The second-order valence-corrected chi connectivity index (χ2v) is 6.11. The first kappa shape index (κ1) is 15.2. The highest BCUT2D eigenvalue weighted by molar-refractivity contribution is 5.96. The van der Waals surface area contributed by atoms with Gasteiger partial charge in [-0.1, -0.05) is 26.8 Å². The molecule has 2 aromatic rings. The van der Waals surface area contributed by atoms with E-state index in [1.54, 1.807) is 6.07 Å². The lowest BCUT2D eigenvalue weighted by atomic mass is 9.87. The van der Waals surface area contributed by atoms with Crippen LogP contribution in [0.2, 0.25) is 0 Å². The Morgan fingerprint density at radius 1 is 1.38 bits per heavy atom. The van der Waals surface area contributed by atoms with Crippen molar-refractivity contribution in [3.8, 4) is 11.5 Å². The van der Waals surface area contributed by atoms with E-state index >= 15 is 0 Å². The van der Waals surface area contributed by atoms with Crippen molar-refractivity contribution >= 4 is 11.6 Å². The lowest BCUT2D eigenvalue weighted by Gasteiger charge is -2.26. The molecule has 0 unspecified atom stereocenters. The quantitative estimate of drug-likeness (QED) is 0.904. The van der Waals surface area contributed by atoms with Crippen molar-refractivity contribution in [3.05, 3.63) is 30.2 Å². The summed E-state index contributed by atoms with van der Waals surface area (Å²) < 4.78 is 5.16. The first-order valence-electron chi connectivity index (χ1n) is 6.72. The molecule has 0 aliphatic heterocycles. The van der Waals surface area contributed by atoms with Gasteiger partial charge in [0.1, 0.15) is 0 Å². The molecule has 1 aromatic heterocycles. The summed E-state index contributed by atoms with van der Waals surface area (Å²) in [5.74, 6) is 0.193. The van der Waals surface area contributed by atoms with Crippen LogP contribution in [0.3, 0.4) is 0 Å². The Balaban J connectivity index is 2.24. The summed E-state index contributed by atoms with van der Waals surface area (Å²) in [7, 11) is 0. The molecule has 1 amide bonds. The summed E-state index contributed by atoms with van der Waals surface area (Å²) >= 11 is 0. The number of aryl methyl sites for hydroxylation is 1. The number of hydrogen-bond donors (Lipinski definition) is 2. The molecule has 6 heteroatoms. The lowest BCUT2D eigenvalue weighted by Crippen LogP contribution is -2.45. The number of nitrogens with one attached hydrogen (secondary N) is 1.